The van der Waals surface area contributed by atoms with Crippen LogP contribution < -0.4 is 5.73 Å². The van der Waals surface area contributed by atoms with Gasteiger partial charge in [0, 0.05) is 18.7 Å². The number of hydrogen-bond donors (Lipinski definition) is 1. The largest absolute Gasteiger partial charge is 0.323 e. The van der Waals surface area contributed by atoms with Crippen molar-refractivity contribution in [3.63, 3.8) is 0 Å². The average Bonchev–Trinajstić information content (AvgIpc) is 2.29. The second kappa shape index (κ2) is 6.21. The average molecular weight is 202 g/mol. The van der Waals surface area contributed by atoms with E-state index < -0.39 is 0 Å². The lowest BCUT2D eigenvalue weighted by Gasteiger charge is -2.13. The van der Waals surface area contributed by atoms with Crippen LogP contribution in [-0.4, -0.2) is 4.98 Å². The Labute approximate surface area is 91.9 Å². The van der Waals surface area contributed by atoms with E-state index in [2.05, 4.69) is 23.9 Å². The van der Waals surface area contributed by atoms with Crippen LogP contribution in [0.15, 0.2) is 18.3 Å². The molecule has 1 heterocycles. The Hall–Kier alpha value is -1.33. The van der Waals surface area contributed by atoms with Crippen molar-refractivity contribution in [1.29, 1.82) is 0 Å². The fourth-order valence-electron chi connectivity index (χ4n) is 1.64. The lowest BCUT2D eigenvalue weighted by molar-refractivity contribution is 0.600. The molecule has 0 bridgehead atoms. The van der Waals surface area contributed by atoms with Gasteiger partial charge in [0.25, 0.3) is 0 Å². The first-order valence-electron chi connectivity index (χ1n) is 5.42. The lowest BCUT2D eigenvalue weighted by Crippen LogP contribution is -2.14. The molecule has 1 rings (SSSR count). The van der Waals surface area contributed by atoms with Crippen molar-refractivity contribution in [1.82, 2.24) is 4.98 Å². The monoisotopic (exact) mass is 202 g/mol. The predicted octanol–water partition coefficient (Wildman–Crippen LogP) is 2.45. The minimum Gasteiger partial charge on any atom is -0.323 e. The highest BCUT2D eigenvalue weighted by Gasteiger charge is 2.10. The Balaban J connectivity index is 2.64. The minimum atomic E-state index is 0.0227. The molecule has 2 nitrogen and oxygen atoms in total. The molecule has 80 valence electrons. The third-order valence-corrected chi connectivity index (χ3v) is 2.49. The SMILES string of the molecule is C#CCCCC(N)c1ncccc1CC. The first kappa shape index (κ1) is 11.7. The highest BCUT2D eigenvalue weighted by Crippen LogP contribution is 2.18. The molecule has 0 saturated heterocycles. The van der Waals surface area contributed by atoms with Crippen molar-refractivity contribution < 1.29 is 0 Å². The summed E-state index contributed by atoms with van der Waals surface area (Å²) in [6, 6.07) is 4.06. The Morgan fingerprint density at radius 2 is 2.40 bits per heavy atom. The summed E-state index contributed by atoms with van der Waals surface area (Å²) in [4.78, 5) is 4.35. The molecule has 2 N–H and O–H groups in total. The van der Waals surface area contributed by atoms with Gasteiger partial charge in [0.1, 0.15) is 0 Å². The second-order valence-corrected chi connectivity index (χ2v) is 3.60. The Morgan fingerprint density at radius 3 is 3.07 bits per heavy atom. The molecule has 0 amide bonds. The van der Waals surface area contributed by atoms with E-state index in [9.17, 15) is 0 Å². The summed E-state index contributed by atoms with van der Waals surface area (Å²) in [5.74, 6) is 2.63. The molecule has 0 saturated carbocycles. The Bertz CT molecular complexity index is 339. The third kappa shape index (κ3) is 3.38. The molecular weight excluding hydrogens is 184 g/mol. The number of terminal acetylenes is 1. The highest BCUT2D eigenvalue weighted by molar-refractivity contribution is 5.22. The van der Waals surface area contributed by atoms with E-state index in [0.717, 1.165) is 31.4 Å². The van der Waals surface area contributed by atoms with Gasteiger partial charge in [0.15, 0.2) is 0 Å². The molecule has 0 aliphatic carbocycles. The van der Waals surface area contributed by atoms with Crippen molar-refractivity contribution >= 4 is 0 Å². The highest BCUT2D eigenvalue weighted by atomic mass is 14.8. The van der Waals surface area contributed by atoms with E-state index in [-0.39, 0.29) is 6.04 Å². The molecular formula is C13H18N2. The maximum Gasteiger partial charge on any atom is 0.0602 e. The van der Waals surface area contributed by atoms with Gasteiger partial charge in [0.05, 0.1) is 5.69 Å². The lowest BCUT2D eigenvalue weighted by atomic mass is 10.0. The van der Waals surface area contributed by atoms with Crippen molar-refractivity contribution in [3.8, 4) is 12.3 Å². The van der Waals surface area contributed by atoms with Gasteiger partial charge in [-0.15, -0.1) is 12.3 Å². The van der Waals surface area contributed by atoms with E-state index in [1.54, 1.807) is 6.20 Å². The number of pyridine rings is 1. The Morgan fingerprint density at radius 1 is 1.60 bits per heavy atom. The zero-order valence-electron chi connectivity index (χ0n) is 9.24. The van der Waals surface area contributed by atoms with Crippen LogP contribution in [0.3, 0.4) is 0 Å². The van der Waals surface area contributed by atoms with Crippen LogP contribution in [0.25, 0.3) is 0 Å². The van der Waals surface area contributed by atoms with Crippen molar-refractivity contribution in [2.45, 2.75) is 38.6 Å². The van der Waals surface area contributed by atoms with E-state index >= 15 is 0 Å². The number of nitrogens with two attached hydrogens (primary N) is 1. The normalized spacial score (nSPS) is 12.1. The smallest absolute Gasteiger partial charge is 0.0602 e. The molecule has 1 unspecified atom stereocenters. The summed E-state index contributed by atoms with van der Waals surface area (Å²) in [6.45, 7) is 2.12. The summed E-state index contributed by atoms with van der Waals surface area (Å²) in [5, 5.41) is 0. The topological polar surface area (TPSA) is 38.9 Å². The number of nitrogens with zero attached hydrogens (tertiary/aromatic N) is 1. The van der Waals surface area contributed by atoms with Crippen LogP contribution in [-0.2, 0) is 6.42 Å². The molecule has 15 heavy (non-hydrogen) atoms. The number of unbranched alkanes of at least 4 members (excludes halogenated alkanes) is 1. The van der Waals surface area contributed by atoms with Gasteiger partial charge in [-0.05, 0) is 30.9 Å². The molecule has 1 atom stereocenters. The number of hydrogen-bond acceptors (Lipinski definition) is 2. The van der Waals surface area contributed by atoms with E-state index in [1.165, 1.54) is 5.56 Å². The van der Waals surface area contributed by atoms with Gasteiger partial charge in [-0.1, -0.05) is 13.0 Å². The zero-order valence-corrected chi connectivity index (χ0v) is 9.24. The van der Waals surface area contributed by atoms with E-state index in [0.29, 0.717) is 0 Å². The first-order chi connectivity index (χ1) is 7.29. The number of aromatic nitrogens is 1. The van der Waals surface area contributed by atoms with Crippen molar-refractivity contribution in [2.75, 3.05) is 0 Å². The van der Waals surface area contributed by atoms with Gasteiger partial charge in [-0.2, -0.15) is 0 Å². The molecule has 1 aromatic heterocycles. The minimum absolute atomic E-state index is 0.0227. The molecule has 0 spiro atoms. The van der Waals surface area contributed by atoms with Crippen LogP contribution >= 0.6 is 0 Å². The molecule has 0 aromatic carbocycles. The van der Waals surface area contributed by atoms with Crippen molar-refractivity contribution in [3.05, 3.63) is 29.6 Å². The molecule has 0 radical (unpaired) electrons. The van der Waals surface area contributed by atoms with E-state index in [4.69, 9.17) is 12.2 Å². The quantitative estimate of drug-likeness (QED) is 0.588. The Kier molecular flexibility index (Phi) is 4.86. The van der Waals surface area contributed by atoms with Crippen LogP contribution in [0.2, 0.25) is 0 Å². The van der Waals surface area contributed by atoms with Gasteiger partial charge in [-0.3, -0.25) is 4.98 Å². The summed E-state index contributed by atoms with van der Waals surface area (Å²) < 4.78 is 0. The van der Waals surface area contributed by atoms with Gasteiger partial charge in [-0.25, -0.2) is 0 Å². The summed E-state index contributed by atoms with van der Waals surface area (Å²) in [5.41, 5.74) is 8.35. The van der Waals surface area contributed by atoms with Crippen LogP contribution in [0, 0.1) is 12.3 Å². The van der Waals surface area contributed by atoms with Gasteiger partial charge >= 0.3 is 0 Å². The van der Waals surface area contributed by atoms with Crippen LogP contribution in [0.5, 0.6) is 0 Å². The molecule has 0 fully saturated rings. The van der Waals surface area contributed by atoms with Gasteiger partial charge < -0.3 is 5.73 Å². The molecule has 0 aliphatic rings. The zero-order chi connectivity index (χ0) is 11.1. The van der Waals surface area contributed by atoms with Crippen LogP contribution in [0.4, 0.5) is 0 Å². The number of aryl methyl sites for hydroxylation is 1. The second-order valence-electron chi connectivity index (χ2n) is 3.60. The standard InChI is InChI=1S/C13H18N2/c1-3-5-6-9-12(14)13-11(4-2)8-7-10-15-13/h1,7-8,10,12H,4-6,9,14H2,2H3. The molecule has 0 aliphatic heterocycles. The fraction of sp³-hybridized carbons (Fsp3) is 0.462. The van der Waals surface area contributed by atoms with Crippen LogP contribution in [0.1, 0.15) is 43.5 Å². The fourth-order valence-corrected chi connectivity index (χ4v) is 1.64. The predicted molar refractivity (Wildman–Crippen MR) is 63.2 cm³/mol. The summed E-state index contributed by atoms with van der Waals surface area (Å²) >= 11 is 0. The maximum absolute atomic E-state index is 6.08. The van der Waals surface area contributed by atoms with E-state index in [1.807, 2.05) is 6.07 Å². The maximum atomic E-state index is 6.08. The summed E-state index contributed by atoms with van der Waals surface area (Å²) in [6.07, 6.45) is 10.7. The summed E-state index contributed by atoms with van der Waals surface area (Å²) in [7, 11) is 0. The van der Waals surface area contributed by atoms with Gasteiger partial charge in [0.2, 0.25) is 0 Å². The van der Waals surface area contributed by atoms with Crippen molar-refractivity contribution in [2.24, 2.45) is 5.73 Å². The first-order valence-corrected chi connectivity index (χ1v) is 5.42. The number of rotatable bonds is 5. The molecule has 1 aromatic rings. The third-order valence-electron chi connectivity index (χ3n) is 2.49. The molecule has 2 heteroatoms.